The van der Waals surface area contributed by atoms with Gasteiger partial charge in [-0.2, -0.15) is 0 Å². The molecule has 0 fully saturated rings. The highest BCUT2D eigenvalue weighted by Crippen LogP contribution is 2.24. The average molecular weight is 261 g/mol. The average Bonchev–Trinajstić information content (AvgIpc) is 2.89. The number of furan rings is 1. The van der Waals surface area contributed by atoms with Crippen LogP contribution in [0.15, 0.2) is 41.2 Å². The first kappa shape index (κ1) is 12.6. The van der Waals surface area contributed by atoms with Gasteiger partial charge in [0.05, 0.1) is 23.0 Å². The number of hydrogen-bond donors (Lipinski definition) is 2. The molecule has 0 saturated heterocycles. The third-order valence-electron chi connectivity index (χ3n) is 2.56. The molecule has 1 aromatic heterocycles. The Bertz CT molecular complexity index is 607. The van der Waals surface area contributed by atoms with E-state index in [4.69, 9.17) is 10.2 Å². The van der Waals surface area contributed by atoms with Crippen LogP contribution in [0.2, 0.25) is 0 Å². The number of nitro groups is 1. The van der Waals surface area contributed by atoms with Crippen LogP contribution in [0.5, 0.6) is 0 Å². The topological polar surface area (TPSA) is 111 Å². The normalized spacial score (nSPS) is 10.1. The van der Waals surface area contributed by atoms with E-state index in [0.717, 1.165) is 5.56 Å². The Kier molecular flexibility index (Phi) is 3.46. The number of nitrogen functional groups attached to an aromatic ring is 1. The molecule has 0 atom stereocenters. The number of nitrogens with one attached hydrogen (secondary N) is 1. The highest BCUT2D eigenvalue weighted by molar-refractivity contribution is 6.00. The Morgan fingerprint density at radius 2 is 2.21 bits per heavy atom. The highest BCUT2D eigenvalue weighted by atomic mass is 16.6. The van der Waals surface area contributed by atoms with Gasteiger partial charge in [0.1, 0.15) is 5.69 Å². The van der Waals surface area contributed by atoms with E-state index in [9.17, 15) is 14.9 Å². The van der Waals surface area contributed by atoms with E-state index in [1.807, 2.05) is 0 Å². The molecule has 19 heavy (non-hydrogen) atoms. The first-order valence-corrected chi connectivity index (χ1v) is 5.41. The van der Waals surface area contributed by atoms with Crippen molar-refractivity contribution in [2.75, 3.05) is 5.73 Å². The fourth-order valence-electron chi connectivity index (χ4n) is 1.58. The van der Waals surface area contributed by atoms with Gasteiger partial charge in [-0.25, -0.2) is 0 Å². The molecule has 98 valence electrons. The standard InChI is InChI=1S/C12H11N3O4/c13-11-9(2-1-3-10(11)15(17)18)12(16)14-6-8-4-5-19-7-8/h1-5,7H,6,13H2,(H,14,16). The number of hydrogen-bond acceptors (Lipinski definition) is 5. The molecule has 0 saturated carbocycles. The van der Waals surface area contributed by atoms with E-state index in [2.05, 4.69) is 5.32 Å². The van der Waals surface area contributed by atoms with Gasteiger partial charge in [-0.15, -0.1) is 0 Å². The predicted molar refractivity (Wildman–Crippen MR) is 67.4 cm³/mol. The van der Waals surface area contributed by atoms with Gasteiger partial charge in [0.2, 0.25) is 0 Å². The minimum absolute atomic E-state index is 0.0812. The predicted octanol–water partition coefficient (Wildman–Crippen LogP) is 1.70. The van der Waals surface area contributed by atoms with Crippen molar-refractivity contribution in [1.82, 2.24) is 5.32 Å². The SMILES string of the molecule is Nc1c(C(=O)NCc2ccoc2)cccc1[N+](=O)[O-]. The van der Waals surface area contributed by atoms with Crippen LogP contribution in [0.3, 0.4) is 0 Å². The van der Waals surface area contributed by atoms with E-state index in [1.54, 1.807) is 6.07 Å². The molecule has 0 aliphatic rings. The molecule has 2 rings (SSSR count). The summed E-state index contributed by atoms with van der Waals surface area (Å²) in [6.07, 6.45) is 2.99. The summed E-state index contributed by atoms with van der Waals surface area (Å²) in [5, 5.41) is 13.3. The first-order chi connectivity index (χ1) is 9.09. The molecule has 3 N–H and O–H groups in total. The van der Waals surface area contributed by atoms with Gasteiger partial charge in [0.15, 0.2) is 0 Å². The quantitative estimate of drug-likeness (QED) is 0.494. The van der Waals surface area contributed by atoms with Gasteiger partial charge >= 0.3 is 0 Å². The van der Waals surface area contributed by atoms with Crippen molar-refractivity contribution in [2.45, 2.75) is 6.54 Å². The molecular formula is C12H11N3O4. The number of nitrogens with zero attached hydrogens (tertiary/aromatic N) is 1. The molecule has 7 nitrogen and oxygen atoms in total. The molecule has 1 heterocycles. The minimum Gasteiger partial charge on any atom is -0.472 e. The summed E-state index contributed by atoms with van der Waals surface area (Å²) in [5.41, 5.74) is 6.06. The third-order valence-corrected chi connectivity index (χ3v) is 2.56. The molecule has 0 aliphatic carbocycles. The van der Waals surface area contributed by atoms with Crippen LogP contribution in [0.25, 0.3) is 0 Å². The van der Waals surface area contributed by atoms with Crippen molar-refractivity contribution in [2.24, 2.45) is 0 Å². The lowest BCUT2D eigenvalue weighted by molar-refractivity contribution is -0.383. The number of carbonyl (C=O) groups is 1. The first-order valence-electron chi connectivity index (χ1n) is 5.41. The Balaban J connectivity index is 2.15. The second-order valence-corrected chi connectivity index (χ2v) is 3.81. The molecule has 1 aromatic carbocycles. The molecule has 7 heteroatoms. The maximum atomic E-state index is 11.9. The largest absolute Gasteiger partial charge is 0.472 e. The highest BCUT2D eigenvalue weighted by Gasteiger charge is 2.18. The number of amides is 1. The van der Waals surface area contributed by atoms with Gasteiger partial charge in [-0.05, 0) is 12.1 Å². The lowest BCUT2D eigenvalue weighted by Crippen LogP contribution is -2.23. The number of nitrogens with two attached hydrogens (primary N) is 1. The Labute approximate surface area is 108 Å². The summed E-state index contributed by atoms with van der Waals surface area (Å²) >= 11 is 0. The Morgan fingerprint density at radius 1 is 1.42 bits per heavy atom. The van der Waals surface area contributed by atoms with Crippen LogP contribution in [0.1, 0.15) is 15.9 Å². The molecule has 1 amide bonds. The van der Waals surface area contributed by atoms with Crippen LogP contribution >= 0.6 is 0 Å². The second kappa shape index (κ2) is 5.21. The number of para-hydroxylation sites is 1. The molecular weight excluding hydrogens is 250 g/mol. The number of benzene rings is 1. The van der Waals surface area contributed by atoms with E-state index in [1.165, 1.54) is 30.7 Å². The summed E-state index contributed by atoms with van der Waals surface area (Å²) < 4.78 is 4.86. The maximum Gasteiger partial charge on any atom is 0.292 e. The maximum absolute atomic E-state index is 11.9. The number of carbonyl (C=O) groups excluding carboxylic acids is 1. The van der Waals surface area contributed by atoms with Crippen molar-refractivity contribution in [3.8, 4) is 0 Å². The molecule has 0 radical (unpaired) electrons. The summed E-state index contributed by atoms with van der Waals surface area (Å²) in [4.78, 5) is 22.0. The lowest BCUT2D eigenvalue weighted by Gasteiger charge is -2.06. The van der Waals surface area contributed by atoms with Crippen molar-refractivity contribution in [3.63, 3.8) is 0 Å². The van der Waals surface area contributed by atoms with Crippen molar-refractivity contribution in [3.05, 3.63) is 58.0 Å². The Morgan fingerprint density at radius 3 is 2.84 bits per heavy atom. The molecule has 2 aromatic rings. The molecule has 0 unspecified atom stereocenters. The van der Waals surface area contributed by atoms with Gasteiger partial charge in [-0.3, -0.25) is 14.9 Å². The number of nitro benzene ring substituents is 1. The molecule has 0 spiro atoms. The van der Waals surface area contributed by atoms with E-state index in [0.29, 0.717) is 0 Å². The van der Waals surface area contributed by atoms with Gasteiger partial charge in [0, 0.05) is 18.2 Å². The zero-order valence-electron chi connectivity index (χ0n) is 9.83. The van der Waals surface area contributed by atoms with Crippen molar-refractivity contribution in [1.29, 1.82) is 0 Å². The minimum atomic E-state index is -0.623. The van der Waals surface area contributed by atoms with Crippen LogP contribution < -0.4 is 11.1 Å². The van der Waals surface area contributed by atoms with Gasteiger partial charge in [-0.1, -0.05) is 6.07 Å². The zero-order valence-corrected chi connectivity index (χ0v) is 9.83. The number of anilines is 1. The van der Waals surface area contributed by atoms with E-state index in [-0.39, 0.29) is 23.5 Å². The summed E-state index contributed by atoms with van der Waals surface area (Å²) in [6.45, 7) is 0.261. The third kappa shape index (κ3) is 2.71. The fraction of sp³-hybridized carbons (Fsp3) is 0.0833. The lowest BCUT2D eigenvalue weighted by atomic mass is 10.1. The van der Waals surface area contributed by atoms with Crippen LogP contribution in [-0.2, 0) is 6.54 Å². The molecule has 0 bridgehead atoms. The monoisotopic (exact) mass is 261 g/mol. The fourth-order valence-corrected chi connectivity index (χ4v) is 1.58. The van der Waals surface area contributed by atoms with Gasteiger partial charge in [0.25, 0.3) is 11.6 Å². The zero-order chi connectivity index (χ0) is 13.8. The summed E-state index contributed by atoms with van der Waals surface area (Å²) in [5.74, 6) is -0.470. The van der Waals surface area contributed by atoms with Crippen molar-refractivity contribution >= 4 is 17.3 Å². The number of rotatable bonds is 4. The van der Waals surface area contributed by atoms with Gasteiger partial charge < -0.3 is 15.5 Å². The second-order valence-electron chi connectivity index (χ2n) is 3.81. The van der Waals surface area contributed by atoms with Crippen LogP contribution in [0, 0.1) is 10.1 Å². The van der Waals surface area contributed by atoms with Crippen LogP contribution in [0.4, 0.5) is 11.4 Å². The smallest absolute Gasteiger partial charge is 0.292 e. The van der Waals surface area contributed by atoms with Crippen molar-refractivity contribution < 1.29 is 14.1 Å². The molecule has 0 aliphatic heterocycles. The summed E-state index contributed by atoms with van der Waals surface area (Å²) in [6, 6.07) is 5.81. The van der Waals surface area contributed by atoms with Crippen LogP contribution in [-0.4, -0.2) is 10.8 Å². The summed E-state index contributed by atoms with van der Waals surface area (Å²) in [7, 11) is 0. The van der Waals surface area contributed by atoms with E-state index >= 15 is 0 Å². The van der Waals surface area contributed by atoms with E-state index < -0.39 is 10.8 Å². The Hall–Kier alpha value is -2.83.